The standard InChI is InChI=1S/C7H14N2O2/c1-6(2)4-9(8-11)5-7(3)10/h6H,4-5H2,1-3H3. The number of hydrogen-bond acceptors (Lipinski definition) is 3. The van der Waals surface area contributed by atoms with Crippen LogP contribution in [0.2, 0.25) is 0 Å². The first-order valence-electron chi connectivity index (χ1n) is 3.64. The van der Waals surface area contributed by atoms with E-state index < -0.39 is 0 Å². The minimum atomic E-state index is -0.0368. The fraction of sp³-hybridized carbons (Fsp3) is 0.857. The SMILES string of the molecule is CC(=O)CN(CC(C)C)N=O. The molecule has 0 bridgehead atoms. The molecule has 0 aliphatic carbocycles. The second-order valence-corrected chi connectivity index (χ2v) is 3.02. The van der Waals surface area contributed by atoms with Crippen LogP contribution in [-0.2, 0) is 4.79 Å². The van der Waals surface area contributed by atoms with Gasteiger partial charge in [0, 0.05) is 6.54 Å². The van der Waals surface area contributed by atoms with Gasteiger partial charge in [0.25, 0.3) is 0 Å². The number of nitrogens with zero attached hydrogens (tertiary/aromatic N) is 2. The summed E-state index contributed by atoms with van der Waals surface area (Å²) < 4.78 is 0. The largest absolute Gasteiger partial charge is 0.298 e. The van der Waals surface area contributed by atoms with Gasteiger partial charge in [-0.2, -0.15) is 0 Å². The van der Waals surface area contributed by atoms with Crippen LogP contribution in [0.3, 0.4) is 0 Å². The van der Waals surface area contributed by atoms with E-state index >= 15 is 0 Å². The van der Waals surface area contributed by atoms with Gasteiger partial charge in [-0.15, -0.1) is 4.91 Å². The maximum Gasteiger partial charge on any atom is 0.150 e. The molecule has 0 aromatic heterocycles. The van der Waals surface area contributed by atoms with Gasteiger partial charge in [-0.05, 0) is 12.8 Å². The van der Waals surface area contributed by atoms with Crippen LogP contribution in [-0.4, -0.2) is 23.9 Å². The van der Waals surface area contributed by atoms with Crippen LogP contribution in [0.1, 0.15) is 20.8 Å². The number of carbonyl (C=O) groups is 1. The molecule has 11 heavy (non-hydrogen) atoms. The zero-order valence-electron chi connectivity index (χ0n) is 7.20. The molecular weight excluding hydrogens is 144 g/mol. The molecule has 0 spiro atoms. The average molecular weight is 158 g/mol. The summed E-state index contributed by atoms with van der Waals surface area (Å²) in [5.74, 6) is 0.317. The molecule has 0 amide bonds. The van der Waals surface area contributed by atoms with E-state index in [0.29, 0.717) is 12.5 Å². The van der Waals surface area contributed by atoms with Crippen molar-refractivity contribution in [3.8, 4) is 0 Å². The number of hydrogen-bond donors (Lipinski definition) is 0. The third kappa shape index (κ3) is 5.51. The zero-order chi connectivity index (χ0) is 8.85. The number of rotatable bonds is 5. The molecule has 0 rings (SSSR count). The highest BCUT2D eigenvalue weighted by atomic mass is 16.3. The van der Waals surface area contributed by atoms with Gasteiger partial charge in [0.15, 0.2) is 5.78 Å². The van der Waals surface area contributed by atoms with Crippen molar-refractivity contribution in [1.82, 2.24) is 5.01 Å². The molecule has 0 heterocycles. The topological polar surface area (TPSA) is 49.7 Å². The Hall–Kier alpha value is -0.930. The van der Waals surface area contributed by atoms with Crippen molar-refractivity contribution >= 4 is 5.78 Å². The summed E-state index contributed by atoms with van der Waals surface area (Å²) in [6.45, 7) is 6.06. The molecule has 0 saturated carbocycles. The molecule has 0 atom stereocenters. The molecule has 4 nitrogen and oxygen atoms in total. The average Bonchev–Trinajstić information content (AvgIpc) is 1.84. The Kier molecular flexibility index (Phi) is 4.41. The predicted molar refractivity (Wildman–Crippen MR) is 42.9 cm³/mol. The minimum Gasteiger partial charge on any atom is -0.298 e. The van der Waals surface area contributed by atoms with Crippen LogP contribution in [0.25, 0.3) is 0 Å². The van der Waals surface area contributed by atoms with Crippen LogP contribution in [0, 0.1) is 10.8 Å². The molecule has 0 aromatic carbocycles. The molecule has 4 heteroatoms. The van der Waals surface area contributed by atoms with Crippen LogP contribution in [0.4, 0.5) is 0 Å². The third-order valence-electron chi connectivity index (χ3n) is 1.10. The number of carbonyl (C=O) groups excluding carboxylic acids is 1. The number of nitroso groups, excluding NO2 is 1. The first-order valence-corrected chi connectivity index (χ1v) is 3.64. The van der Waals surface area contributed by atoms with E-state index in [2.05, 4.69) is 5.29 Å². The Labute approximate surface area is 66.5 Å². The van der Waals surface area contributed by atoms with Crippen molar-refractivity contribution in [2.45, 2.75) is 20.8 Å². The third-order valence-corrected chi connectivity index (χ3v) is 1.10. The summed E-state index contributed by atoms with van der Waals surface area (Å²) in [6.07, 6.45) is 0. The van der Waals surface area contributed by atoms with Crippen molar-refractivity contribution in [3.63, 3.8) is 0 Å². The lowest BCUT2D eigenvalue weighted by Crippen LogP contribution is -2.26. The van der Waals surface area contributed by atoms with E-state index in [-0.39, 0.29) is 12.3 Å². The quantitative estimate of drug-likeness (QED) is 0.446. The second kappa shape index (κ2) is 4.82. The van der Waals surface area contributed by atoms with Gasteiger partial charge in [-0.25, -0.2) is 0 Å². The van der Waals surface area contributed by atoms with E-state index in [9.17, 15) is 9.70 Å². The van der Waals surface area contributed by atoms with E-state index in [0.717, 1.165) is 0 Å². The normalized spacial score (nSPS) is 9.82. The monoisotopic (exact) mass is 158 g/mol. The van der Waals surface area contributed by atoms with Crippen molar-refractivity contribution in [2.75, 3.05) is 13.1 Å². The van der Waals surface area contributed by atoms with Gasteiger partial charge in [0.1, 0.15) is 0 Å². The lowest BCUT2D eigenvalue weighted by atomic mass is 10.2. The Morgan fingerprint density at radius 1 is 1.55 bits per heavy atom. The number of Topliss-reactive ketones (excluding diaryl/α,β-unsaturated/α-hetero) is 1. The van der Waals surface area contributed by atoms with Crippen LogP contribution >= 0.6 is 0 Å². The summed E-state index contributed by atoms with van der Waals surface area (Å²) in [5.41, 5.74) is 0. The van der Waals surface area contributed by atoms with Crippen molar-refractivity contribution in [1.29, 1.82) is 0 Å². The van der Waals surface area contributed by atoms with Crippen LogP contribution in [0.15, 0.2) is 5.29 Å². The maximum absolute atomic E-state index is 10.6. The molecule has 0 aromatic rings. The Bertz CT molecular complexity index is 145. The van der Waals surface area contributed by atoms with Crippen molar-refractivity contribution in [3.05, 3.63) is 4.91 Å². The summed E-state index contributed by atoms with van der Waals surface area (Å²) in [6, 6.07) is 0. The molecular formula is C7H14N2O2. The Morgan fingerprint density at radius 3 is 2.36 bits per heavy atom. The Morgan fingerprint density at radius 2 is 2.09 bits per heavy atom. The van der Waals surface area contributed by atoms with Crippen molar-refractivity contribution < 1.29 is 4.79 Å². The summed E-state index contributed by atoms with van der Waals surface area (Å²) in [7, 11) is 0. The fourth-order valence-electron chi connectivity index (χ4n) is 0.805. The van der Waals surface area contributed by atoms with Gasteiger partial charge in [0.2, 0.25) is 0 Å². The smallest absolute Gasteiger partial charge is 0.150 e. The fourth-order valence-corrected chi connectivity index (χ4v) is 0.805. The molecule has 0 N–H and O–H groups in total. The van der Waals surface area contributed by atoms with Gasteiger partial charge < -0.3 is 0 Å². The van der Waals surface area contributed by atoms with Gasteiger partial charge in [-0.3, -0.25) is 9.80 Å². The Balaban J connectivity index is 3.76. The second-order valence-electron chi connectivity index (χ2n) is 3.02. The summed E-state index contributed by atoms with van der Waals surface area (Å²) >= 11 is 0. The highest BCUT2D eigenvalue weighted by molar-refractivity contribution is 5.77. The molecule has 0 unspecified atom stereocenters. The predicted octanol–water partition coefficient (Wildman–Crippen LogP) is 1.21. The van der Waals surface area contributed by atoms with Crippen LogP contribution in [0.5, 0.6) is 0 Å². The van der Waals surface area contributed by atoms with Gasteiger partial charge in [0.05, 0.1) is 11.8 Å². The maximum atomic E-state index is 10.6. The van der Waals surface area contributed by atoms with E-state index in [4.69, 9.17) is 0 Å². The number of ketones is 1. The highest BCUT2D eigenvalue weighted by Crippen LogP contribution is 1.98. The van der Waals surface area contributed by atoms with Crippen molar-refractivity contribution in [2.24, 2.45) is 11.2 Å². The van der Waals surface area contributed by atoms with Gasteiger partial charge in [-0.1, -0.05) is 13.8 Å². The summed E-state index contributed by atoms with van der Waals surface area (Å²) in [5, 5.41) is 3.97. The minimum absolute atomic E-state index is 0.0368. The lowest BCUT2D eigenvalue weighted by Gasteiger charge is -2.14. The molecule has 0 fully saturated rings. The highest BCUT2D eigenvalue weighted by Gasteiger charge is 2.07. The molecule has 0 aliphatic heterocycles. The molecule has 0 saturated heterocycles. The van der Waals surface area contributed by atoms with E-state index in [1.54, 1.807) is 0 Å². The molecule has 64 valence electrons. The van der Waals surface area contributed by atoms with E-state index in [1.165, 1.54) is 11.9 Å². The van der Waals surface area contributed by atoms with Gasteiger partial charge >= 0.3 is 0 Å². The summed E-state index contributed by atoms with van der Waals surface area (Å²) in [4.78, 5) is 20.7. The molecule has 0 aliphatic rings. The zero-order valence-corrected chi connectivity index (χ0v) is 7.20. The first kappa shape index (κ1) is 10.1. The van der Waals surface area contributed by atoms with E-state index in [1.807, 2.05) is 13.8 Å². The van der Waals surface area contributed by atoms with Crippen LogP contribution < -0.4 is 0 Å². The lowest BCUT2D eigenvalue weighted by molar-refractivity contribution is -0.118. The molecule has 0 radical (unpaired) electrons. The first-order chi connectivity index (χ1) is 5.06.